The van der Waals surface area contributed by atoms with E-state index in [9.17, 15) is 14.7 Å². The molecule has 44 heavy (non-hydrogen) atoms. The number of aliphatic hydroxyl groups excluding tert-OH is 1. The third-order valence-electron chi connectivity index (χ3n) is 8.04. The lowest BCUT2D eigenvalue weighted by Crippen LogP contribution is -2.47. The van der Waals surface area contributed by atoms with Crippen LogP contribution in [-0.2, 0) is 11.3 Å². The lowest BCUT2D eigenvalue weighted by Gasteiger charge is -2.36. The smallest absolute Gasteiger partial charge is 0.258 e. The summed E-state index contributed by atoms with van der Waals surface area (Å²) in [6.45, 7) is 8.18. The zero-order valence-corrected chi connectivity index (χ0v) is 26.3. The molecule has 1 aromatic heterocycles. The number of aliphatic hydroxyl groups is 1. The van der Waals surface area contributed by atoms with Gasteiger partial charge in [-0.05, 0) is 88.2 Å². The molecule has 4 rings (SSSR count). The second-order valence-electron chi connectivity index (χ2n) is 11.9. The predicted molar refractivity (Wildman–Crippen MR) is 172 cm³/mol. The van der Waals surface area contributed by atoms with E-state index in [0.717, 1.165) is 25.8 Å². The van der Waals surface area contributed by atoms with Crippen LogP contribution in [0.1, 0.15) is 66.3 Å². The number of fused-ring (bicyclic) bond motifs is 1. The molecule has 1 aliphatic rings. The first kappa shape index (κ1) is 33.1. The van der Waals surface area contributed by atoms with Crippen LogP contribution in [0.25, 0.3) is 0 Å². The summed E-state index contributed by atoms with van der Waals surface area (Å²) in [5.74, 6) is -0.0967. The average molecular weight is 603 g/mol. The number of aromatic nitrogens is 1. The number of nitrogens with zero attached hydrogens (tertiary/aromatic N) is 3. The second kappa shape index (κ2) is 16.3. The van der Waals surface area contributed by atoms with Gasteiger partial charge in [-0.3, -0.25) is 19.5 Å². The Morgan fingerprint density at radius 2 is 1.86 bits per heavy atom. The van der Waals surface area contributed by atoms with Crippen LogP contribution in [-0.4, -0.2) is 83.3 Å². The molecule has 9 nitrogen and oxygen atoms in total. The first-order chi connectivity index (χ1) is 21.2. The van der Waals surface area contributed by atoms with Crippen LogP contribution in [0.5, 0.6) is 5.75 Å². The standard InChI is InChI=1S/C35H46N4O5/c1-25-21-39(26(2)24-40)35(42)31-20-30(37-34(41)29-11-6-5-7-12-29)13-14-32(31)44-27(3)10-8-9-19-43-33(25)23-38(4)22-28-15-17-36-18-16-28/h5-7,11-18,20,25-27,33,40H,8-10,19,21-24H2,1-4H3,(H,37,41)/t25-,26+,27+,33-/m0/s1. The maximum absolute atomic E-state index is 14.3. The highest BCUT2D eigenvalue weighted by Gasteiger charge is 2.30. The number of carbonyl (C=O) groups is 2. The minimum absolute atomic E-state index is 0.0277. The van der Waals surface area contributed by atoms with Crippen LogP contribution in [0.4, 0.5) is 5.69 Å². The minimum atomic E-state index is -0.444. The molecule has 0 saturated carbocycles. The van der Waals surface area contributed by atoms with Gasteiger partial charge in [0.15, 0.2) is 0 Å². The Labute approximate surface area is 261 Å². The molecule has 4 atom stereocenters. The second-order valence-corrected chi connectivity index (χ2v) is 11.9. The molecule has 0 saturated heterocycles. The van der Waals surface area contributed by atoms with Crippen molar-refractivity contribution in [3.63, 3.8) is 0 Å². The van der Waals surface area contributed by atoms with E-state index in [-0.39, 0.29) is 36.5 Å². The van der Waals surface area contributed by atoms with Gasteiger partial charge in [0.25, 0.3) is 11.8 Å². The van der Waals surface area contributed by atoms with Gasteiger partial charge in [-0.2, -0.15) is 0 Å². The Bertz CT molecular complexity index is 1340. The predicted octanol–water partition coefficient (Wildman–Crippen LogP) is 5.26. The van der Waals surface area contributed by atoms with Gasteiger partial charge >= 0.3 is 0 Å². The van der Waals surface area contributed by atoms with E-state index in [1.807, 2.05) is 32.0 Å². The lowest BCUT2D eigenvalue weighted by atomic mass is 10.0. The zero-order chi connectivity index (χ0) is 31.5. The number of anilines is 1. The summed E-state index contributed by atoms with van der Waals surface area (Å²) in [6.07, 6.45) is 5.97. The monoisotopic (exact) mass is 602 g/mol. The van der Waals surface area contributed by atoms with Crippen molar-refractivity contribution >= 4 is 17.5 Å². The van der Waals surface area contributed by atoms with Crippen LogP contribution in [0, 0.1) is 5.92 Å². The van der Waals surface area contributed by atoms with Crippen molar-refractivity contribution < 1.29 is 24.2 Å². The number of hydrogen-bond donors (Lipinski definition) is 2. The molecule has 2 N–H and O–H groups in total. The van der Waals surface area contributed by atoms with E-state index in [4.69, 9.17) is 9.47 Å². The number of nitrogens with one attached hydrogen (secondary N) is 1. The lowest BCUT2D eigenvalue weighted by molar-refractivity contribution is -0.0177. The largest absolute Gasteiger partial charge is 0.490 e. The van der Waals surface area contributed by atoms with Crippen LogP contribution in [0.15, 0.2) is 73.1 Å². The molecule has 3 aromatic rings. The summed E-state index contributed by atoms with van der Waals surface area (Å²) in [5.41, 5.74) is 2.53. The normalized spacial score (nSPS) is 20.7. The molecule has 2 amide bonds. The number of carbonyl (C=O) groups excluding carboxylic acids is 2. The first-order valence-corrected chi connectivity index (χ1v) is 15.5. The molecule has 0 bridgehead atoms. The maximum atomic E-state index is 14.3. The minimum Gasteiger partial charge on any atom is -0.490 e. The summed E-state index contributed by atoms with van der Waals surface area (Å²) in [6, 6.07) is 17.7. The van der Waals surface area contributed by atoms with Crippen LogP contribution >= 0.6 is 0 Å². The van der Waals surface area contributed by atoms with Gasteiger partial charge in [-0.15, -0.1) is 0 Å². The van der Waals surface area contributed by atoms with Crippen molar-refractivity contribution in [2.75, 3.05) is 38.7 Å². The van der Waals surface area contributed by atoms with E-state index in [1.54, 1.807) is 59.8 Å². The van der Waals surface area contributed by atoms with Crippen molar-refractivity contribution in [2.45, 2.75) is 64.8 Å². The quantitative estimate of drug-likeness (QED) is 0.363. The number of rotatable bonds is 8. The van der Waals surface area contributed by atoms with Gasteiger partial charge in [0.05, 0.1) is 30.4 Å². The average Bonchev–Trinajstić information content (AvgIpc) is 3.03. The molecule has 0 spiro atoms. The molecular formula is C35H46N4O5. The van der Waals surface area contributed by atoms with Gasteiger partial charge in [-0.25, -0.2) is 0 Å². The van der Waals surface area contributed by atoms with Gasteiger partial charge in [0, 0.05) is 55.8 Å². The summed E-state index contributed by atoms with van der Waals surface area (Å²) in [5, 5.41) is 13.1. The Morgan fingerprint density at radius 1 is 1.11 bits per heavy atom. The highest BCUT2D eigenvalue weighted by Crippen LogP contribution is 2.29. The van der Waals surface area contributed by atoms with Crippen molar-refractivity contribution in [1.29, 1.82) is 0 Å². The van der Waals surface area contributed by atoms with Crippen molar-refractivity contribution in [3.8, 4) is 5.75 Å². The summed E-state index contributed by atoms with van der Waals surface area (Å²) >= 11 is 0. The van der Waals surface area contributed by atoms with Crippen molar-refractivity contribution in [2.24, 2.45) is 5.92 Å². The van der Waals surface area contributed by atoms with Crippen molar-refractivity contribution in [1.82, 2.24) is 14.8 Å². The molecule has 0 fully saturated rings. The number of likely N-dealkylation sites (N-methyl/N-ethyl adjacent to an activating group) is 1. The molecule has 0 aliphatic carbocycles. The fourth-order valence-electron chi connectivity index (χ4n) is 5.43. The molecular weight excluding hydrogens is 556 g/mol. The molecule has 0 unspecified atom stereocenters. The van der Waals surface area contributed by atoms with E-state index in [2.05, 4.69) is 29.2 Å². The van der Waals surface area contributed by atoms with Gasteiger partial charge in [-0.1, -0.05) is 25.1 Å². The first-order valence-electron chi connectivity index (χ1n) is 15.5. The Kier molecular flexibility index (Phi) is 12.3. The number of amides is 2. The number of hydrogen-bond acceptors (Lipinski definition) is 7. The Balaban J connectivity index is 1.61. The number of ether oxygens (including phenoxy) is 2. The highest BCUT2D eigenvalue weighted by molar-refractivity contribution is 6.05. The molecule has 236 valence electrons. The van der Waals surface area contributed by atoms with E-state index < -0.39 is 6.04 Å². The molecule has 0 radical (unpaired) electrons. The van der Waals surface area contributed by atoms with E-state index >= 15 is 0 Å². The third-order valence-corrected chi connectivity index (χ3v) is 8.04. The SMILES string of the molecule is C[C@@H]1CCCCO[C@@H](CN(C)Cc2ccncc2)[C@@H](C)CN([C@H](C)CO)C(=O)c2cc(NC(=O)c3ccccc3)ccc2O1. The van der Waals surface area contributed by atoms with Gasteiger partial charge in [0.1, 0.15) is 5.75 Å². The van der Waals surface area contributed by atoms with Gasteiger partial charge in [0.2, 0.25) is 0 Å². The van der Waals surface area contributed by atoms with Crippen LogP contribution < -0.4 is 10.1 Å². The molecule has 1 aliphatic heterocycles. The van der Waals surface area contributed by atoms with Crippen LogP contribution in [0.2, 0.25) is 0 Å². The fraction of sp³-hybridized carbons (Fsp3) is 0.457. The number of benzene rings is 2. The summed E-state index contributed by atoms with van der Waals surface area (Å²) in [7, 11) is 2.07. The van der Waals surface area contributed by atoms with Gasteiger partial charge < -0.3 is 24.8 Å². The van der Waals surface area contributed by atoms with Crippen molar-refractivity contribution in [3.05, 3.63) is 89.7 Å². The van der Waals surface area contributed by atoms with E-state index in [1.165, 1.54) is 5.56 Å². The zero-order valence-electron chi connectivity index (χ0n) is 26.3. The van der Waals surface area contributed by atoms with E-state index in [0.29, 0.717) is 42.3 Å². The molecule has 9 heteroatoms. The molecule has 2 heterocycles. The molecule has 2 aromatic carbocycles. The fourth-order valence-corrected chi connectivity index (χ4v) is 5.43. The highest BCUT2D eigenvalue weighted by atomic mass is 16.5. The third kappa shape index (κ3) is 9.35. The maximum Gasteiger partial charge on any atom is 0.258 e. The Hall–Kier alpha value is -3.79. The summed E-state index contributed by atoms with van der Waals surface area (Å²) in [4.78, 5) is 35.3. The summed E-state index contributed by atoms with van der Waals surface area (Å²) < 4.78 is 12.8. The van der Waals surface area contributed by atoms with Crippen LogP contribution in [0.3, 0.4) is 0 Å². The topological polar surface area (TPSA) is 104 Å². The number of pyridine rings is 1. The Morgan fingerprint density at radius 3 is 2.59 bits per heavy atom.